The fraction of sp³-hybridized carbons (Fsp3) is 0.357. The van der Waals surface area contributed by atoms with Gasteiger partial charge in [0.1, 0.15) is 0 Å². The Morgan fingerprint density at radius 1 is 1.35 bits per heavy atom. The summed E-state index contributed by atoms with van der Waals surface area (Å²) in [6, 6.07) is 8.86. The van der Waals surface area contributed by atoms with Crippen LogP contribution in [0.5, 0.6) is 0 Å². The third kappa shape index (κ3) is 3.46. The van der Waals surface area contributed by atoms with Crippen molar-refractivity contribution in [3.63, 3.8) is 0 Å². The summed E-state index contributed by atoms with van der Waals surface area (Å²) in [7, 11) is -2.21. The second-order valence-electron chi connectivity index (χ2n) is 5.02. The van der Waals surface area contributed by atoms with Crippen molar-refractivity contribution in [2.75, 3.05) is 12.9 Å². The van der Waals surface area contributed by atoms with Crippen molar-refractivity contribution in [2.24, 2.45) is 0 Å². The minimum absolute atomic E-state index is 0.198. The Morgan fingerprint density at radius 2 is 2.13 bits per heavy atom. The topological polar surface area (TPSA) is 96.2 Å². The lowest BCUT2D eigenvalue weighted by molar-refractivity contribution is -0.124. The lowest BCUT2D eigenvalue weighted by Crippen LogP contribution is -2.32. The summed E-state index contributed by atoms with van der Waals surface area (Å²) in [6.45, 7) is 0. The standard InChI is InChI=1S/C14H16N4O4S/c1-21-13-9-5-8-12(22-13)10-23(19,20)14-15-16-17-18(14)11-6-3-2-4-7-11/h2-7,9,12-13H,8,10H2,1H3/t12-,13-/m1/s1. The third-order valence-electron chi connectivity index (χ3n) is 3.38. The molecule has 0 N–H and O–H groups in total. The van der Waals surface area contributed by atoms with Gasteiger partial charge in [-0.25, -0.2) is 8.42 Å². The van der Waals surface area contributed by atoms with E-state index in [4.69, 9.17) is 9.47 Å². The van der Waals surface area contributed by atoms with Crippen LogP contribution in [0.15, 0.2) is 47.6 Å². The highest BCUT2D eigenvalue weighted by atomic mass is 32.2. The van der Waals surface area contributed by atoms with E-state index in [0.29, 0.717) is 12.1 Å². The molecule has 0 aliphatic carbocycles. The molecular formula is C14H16N4O4S. The van der Waals surface area contributed by atoms with Crippen molar-refractivity contribution in [3.05, 3.63) is 42.5 Å². The quantitative estimate of drug-likeness (QED) is 0.743. The average Bonchev–Trinajstić information content (AvgIpc) is 3.06. The van der Waals surface area contributed by atoms with Gasteiger partial charge in [-0.2, -0.15) is 4.68 Å². The molecular weight excluding hydrogens is 320 g/mol. The number of sulfone groups is 1. The second-order valence-corrected chi connectivity index (χ2v) is 6.94. The van der Waals surface area contributed by atoms with Crippen molar-refractivity contribution >= 4 is 9.84 Å². The molecule has 122 valence electrons. The monoisotopic (exact) mass is 336 g/mol. The van der Waals surface area contributed by atoms with Gasteiger partial charge in [-0.3, -0.25) is 0 Å². The molecule has 8 nitrogen and oxygen atoms in total. The molecule has 0 saturated heterocycles. The summed E-state index contributed by atoms with van der Waals surface area (Å²) in [5.41, 5.74) is 0.579. The molecule has 2 heterocycles. The number of hydrogen-bond acceptors (Lipinski definition) is 7. The molecule has 0 radical (unpaired) electrons. The van der Waals surface area contributed by atoms with E-state index in [1.54, 1.807) is 30.3 Å². The van der Waals surface area contributed by atoms with E-state index in [1.165, 1.54) is 11.8 Å². The minimum atomic E-state index is -3.71. The highest BCUT2D eigenvalue weighted by Gasteiger charge is 2.30. The molecule has 1 aromatic carbocycles. The average molecular weight is 336 g/mol. The first-order valence-corrected chi connectivity index (χ1v) is 8.67. The fourth-order valence-electron chi connectivity index (χ4n) is 2.30. The van der Waals surface area contributed by atoms with Crippen LogP contribution in [0.4, 0.5) is 0 Å². The maximum absolute atomic E-state index is 12.6. The van der Waals surface area contributed by atoms with Crippen LogP contribution in [-0.4, -0.2) is 53.9 Å². The predicted molar refractivity (Wildman–Crippen MR) is 80.6 cm³/mol. The van der Waals surface area contributed by atoms with Gasteiger partial charge < -0.3 is 9.47 Å². The lowest BCUT2D eigenvalue weighted by atomic mass is 10.2. The van der Waals surface area contributed by atoms with Gasteiger partial charge in [-0.05, 0) is 35.1 Å². The van der Waals surface area contributed by atoms with Crippen molar-refractivity contribution in [3.8, 4) is 5.69 Å². The van der Waals surface area contributed by atoms with Crippen LogP contribution in [0, 0.1) is 0 Å². The van der Waals surface area contributed by atoms with E-state index < -0.39 is 22.2 Å². The number of aromatic nitrogens is 4. The minimum Gasteiger partial charge on any atom is -0.352 e. The molecule has 1 aliphatic rings. The van der Waals surface area contributed by atoms with E-state index in [9.17, 15) is 8.42 Å². The summed E-state index contributed by atoms with van der Waals surface area (Å²) < 4.78 is 37.1. The first kappa shape index (κ1) is 15.8. The lowest BCUT2D eigenvalue weighted by Gasteiger charge is -2.24. The first-order chi connectivity index (χ1) is 11.1. The molecule has 1 aliphatic heterocycles. The normalized spacial score (nSPS) is 21.4. The molecule has 0 saturated carbocycles. The van der Waals surface area contributed by atoms with Gasteiger partial charge in [0.25, 0.3) is 5.16 Å². The van der Waals surface area contributed by atoms with E-state index in [1.807, 2.05) is 12.1 Å². The number of hydrogen-bond donors (Lipinski definition) is 0. The zero-order valence-electron chi connectivity index (χ0n) is 12.4. The third-order valence-corrected chi connectivity index (χ3v) is 5.00. The highest BCUT2D eigenvalue weighted by molar-refractivity contribution is 7.91. The number of nitrogens with zero attached hydrogens (tertiary/aromatic N) is 4. The van der Waals surface area contributed by atoms with Gasteiger partial charge in [0.2, 0.25) is 9.84 Å². The Balaban J connectivity index is 1.84. The number of ether oxygens (including phenoxy) is 2. The van der Waals surface area contributed by atoms with Crippen molar-refractivity contribution in [1.82, 2.24) is 20.2 Å². The Kier molecular flexibility index (Phi) is 4.51. The Labute approximate surface area is 133 Å². The van der Waals surface area contributed by atoms with E-state index in [2.05, 4.69) is 15.5 Å². The van der Waals surface area contributed by atoms with Crippen LogP contribution >= 0.6 is 0 Å². The molecule has 2 atom stereocenters. The van der Waals surface area contributed by atoms with E-state index in [-0.39, 0.29) is 10.9 Å². The number of benzene rings is 1. The molecule has 1 aromatic heterocycles. The van der Waals surface area contributed by atoms with Crippen molar-refractivity contribution in [1.29, 1.82) is 0 Å². The van der Waals surface area contributed by atoms with Gasteiger partial charge in [0.15, 0.2) is 6.29 Å². The molecule has 0 spiro atoms. The van der Waals surface area contributed by atoms with Gasteiger partial charge in [0, 0.05) is 7.11 Å². The van der Waals surface area contributed by atoms with Crippen molar-refractivity contribution < 1.29 is 17.9 Å². The summed E-state index contributed by atoms with van der Waals surface area (Å²) in [5.74, 6) is -0.218. The largest absolute Gasteiger partial charge is 0.352 e. The Bertz CT molecular complexity index is 788. The van der Waals surface area contributed by atoms with Crippen LogP contribution in [-0.2, 0) is 19.3 Å². The number of methoxy groups -OCH3 is 1. The number of tetrazole rings is 1. The molecule has 2 aromatic rings. The predicted octanol–water partition coefficient (Wildman–Crippen LogP) is 0.754. The molecule has 0 unspecified atom stereocenters. The summed E-state index contributed by atoms with van der Waals surface area (Å²) in [5, 5.41) is 10.7. The number of rotatable bonds is 5. The van der Waals surface area contributed by atoms with Crippen LogP contribution in [0.1, 0.15) is 6.42 Å². The summed E-state index contributed by atoms with van der Waals surface area (Å²) in [6.07, 6.45) is 3.05. The van der Waals surface area contributed by atoms with Gasteiger partial charge in [0.05, 0.1) is 17.5 Å². The second kappa shape index (κ2) is 6.57. The van der Waals surface area contributed by atoms with Gasteiger partial charge in [-0.15, -0.1) is 0 Å². The highest BCUT2D eigenvalue weighted by Crippen LogP contribution is 2.19. The number of para-hydroxylation sites is 1. The molecule has 0 amide bonds. The first-order valence-electron chi connectivity index (χ1n) is 7.01. The Morgan fingerprint density at radius 3 is 2.87 bits per heavy atom. The molecule has 3 rings (SSSR count). The summed E-state index contributed by atoms with van der Waals surface area (Å²) in [4.78, 5) is 0. The van der Waals surface area contributed by atoms with Crippen molar-refractivity contribution in [2.45, 2.75) is 24.0 Å². The van der Waals surface area contributed by atoms with Crippen LogP contribution in [0.2, 0.25) is 0 Å². The van der Waals surface area contributed by atoms with Crippen LogP contribution < -0.4 is 0 Å². The molecule has 0 fully saturated rings. The van der Waals surface area contributed by atoms with E-state index in [0.717, 1.165) is 0 Å². The van der Waals surface area contributed by atoms with Crippen LogP contribution in [0.25, 0.3) is 5.69 Å². The smallest absolute Gasteiger partial charge is 0.272 e. The van der Waals surface area contributed by atoms with Crippen LogP contribution in [0.3, 0.4) is 0 Å². The van der Waals surface area contributed by atoms with Gasteiger partial charge >= 0.3 is 0 Å². The zero-order chi connectivity index (χ0) is 16.3. The van der Waals surface area contributed by atoms with E-state index >= 15 is 0 Å². The summed E-state index contributed by atoms with van der Waals surface area (Å²) >= 11 is 0. The SMILES string of the molecule is CO[C@H]1C=CC[C@H](CS(=O)(=O)c2nnnn2-c2ccccc2)O1. The maximum atomic E-state index is 12.6. The fourth-order valence-corrected chi connectivity index (χ4v) is 3.72. The molecule has 9 heteroatoms. The zero-order valence-corrected chi connectivity index (χ0v) is 13.3. The van der Waals surface area contributed by atoms with Gasteiger partial charge in [-0.1, -0.05) is 29.4 Å². The maximum Gasteiger partial charge on any atom is 0.272 e. The molecule has 0 bridgehead atoms. The molecule has 23 heavy (non-hydrogen) atoms. The Hall–Kier alpha value is -2.10.